The van der Waals surface area contributed by atoms with Crippen LogP contribution in [0.1, 0.15) is 0 Å². The normalized spacial score (nSPS) is 11.0. The minimum atomic E-state index is 0.613. The zero-order valence-electron chi connectivity index (χ0n) is 29.4. The van der Waals surface area contributed by atoms with Crippen LogP contribution < -0.4 is 0 Å². The van der Waals surface area contributed by atoms with Gasteiger partial charge in [-0.1, -0.05) is 200 Å². The Balaban J connectivity index is 1.11. The molecule has 0 aliphatic carbocycles. The van der Waals surface area contributed by atoms with Gasteiger partial charge >= 0.3 is 0 Å². The molecule has 0 aliphatic heterocycles. The van der Waals surface area contributed by atoms with Crippen molar-refractivity contribution in [1.82, 2.24) is 19.9 Å². The highest BCUT2D eigenvalue weighted by molar-refractivity contribution is 5.84. The number of nitrogens with zero attached hydrogens (tertiary/aromatic N) is 4. The molecule has 0 saturated carbocycles. The fourth-order valence-corrected chi connectivity index (χ4v) is 6.72. The SMILES string of the molecule is c1ccc(-c2ccc(-c3nc(-c4ccc(-c5ccccc5)cc4)nc(-c4ccc(-c5ccc(-c6ccccc6)nc5-c5ccccc5)cc4)n3)cc2)cc1. The monoisotopic (exact) mass is 690 g/mol. The molecule has 9 aromatic rings. The minimum Gasteiger partial charge on any atom is -0.247 e. The zero-order chi connectivity index (χ0) is 36.1. The van der Waals surface area contributed by atoms with Crippen molar-refractivity contribution in [2.45, 2.75) is 0 Å². The molecule has 0 amide bonds. The Kier molecular flexibility index (Phi) is 8.90. The van der Waals surface area contributed by atoms with Crippen LogP contribution in [0.4, 0.5) is 0 Å². The number of aromatic nitrogens is 4. The number of hydrogen-bond donors (Lipinski definition) is 0. The van der Waals surface area contributed by atoms with Crippen LogP contribution in [0.5, 0.6) is 0 Å². The van der Waals surface area contributed by atoms with E-state index in [-0.39, 0.29) is 0 Å². The quantitative estimate of drug-likeness (QED) is 0.159. The fourth-order valence-electron chi connectivity index (χ4n) is 6.72. The van der Waals surface area contributed by atoms with E-state index in [1.54, 1.807) is 0 Å². The lowest BCUT2D eigenvalue weighted by Crippen LogP contribution is -2.00. The van der Waals surface area contributed by atoms with Crippen molar-refractivity contribution in [2.24, 2.45) is 0 Å². The first-order valence-electron chi connectivity index (χ1n) is 18.1. The van der Waals surface area contributed by atoms with Gasteiger partial charge in [-0.2, -0.15) is 0 Å². The average molecular weight is 691 g/mol. The zero-order valence-corrected chi connectivity index (χ0v) is 29.4. The molecule has 0 fully saturated rings. The third-order valence-electron chi connectivity index (χ3n) is 9.60. The number of pyridine rings is 1. The van der Waals surface area contributed by atoms with E-state index in [2.05, 4.69) is 170 Å². The van der Waals surface area contributed by atoms with Gasteiger partial charge in [-0.3, -0.25) is 0 Å². The summed E-state index contributed by atoms with van der Waals surface area (Å²) >= 11 is 0. The lowest BCUT2D eigenvalue weighted by atomic mass is 9.97. The highest BCUT2D eigenvalue weighted by Crippen LogP contribution is 2.35. The molecule has 54 heavy (non-hydrogen) atoms. The topological polar surface area (TPSA) is 51.6 Å². The maximum atomic E-state index is 5.18. The Bertz CT molecular complexity index is 2540. The van der Waals surface area contributed by atoms with Gasteiger partial charge in [0.05, 0.1) is 11.4 Å². The Morgan fingerprint density at radius 3 is 0.926 bits per heavy atom. The minimum absolute atomic E-state index is 0.613. The van der Waals surface area contributed by atoms with Crippen molar-refractivity contribution in [3.05, 3.63) is 206 Å². The molecule has 0 saturated heterocycles. The summed E-state index contributed by atoms with van der Waals surface area (Å²) in [5.74, 6) is 1.86. The van der Waals surface area contributed by atoms with Gasteiger partial charge < -0.3 is 0 Å². The molecule has 4 heteroatoms. The molecule has 0 aliphatic rings. The number of hydrogen-bond acceptors (Lipinski definition) is 4. The molecule has 0 bridgehead atoms. The van der Waals surface area contributed by atoms with Crippen molar-refractivity contribution >= 4 is 0 Å². The fraction of sp³-hybridized carbons (Fsp3) is 0. The second-order valence-corrected chi connectivity index (χ2v) is 13.1. The summed E-state index contributed by atoms with van der Waals surface area (Å²) in [5, 5.41) is 0. The lowest BCUT2D eigenvalue weighted by Gasteiger charge is -2.13. The van der Waals surface area contributed by atoms with Gasteiger partial charge in [0.2, 0.25) is 0 Å². The van der Waals surface area contributed by atoms with E-state index in [4.69, 9.17) is 19.9 Å². The van der Waals surface area contributed by atoms with E-state index in [0.29, 0.717) is 17.5 Å². The van der Waals surface area contributed by atoms with E-state index in [9.17, 15) is 0 Å². The second-order valence-electron chi connectivity index (χ2n) is 13.1. The van der Waals surface area contributed by atoms with Gasteiger partial charge in [0, 0.05) is 33.4 Å². The third-order valence-corrected chi connectivity index (χ3v) is 9.60. The molecule has 254 valence electrons. The summed E-state index contributed by atoms with van der Waals surface area (Å²) in [6.07, 6.45) is 0. The van der Waals surface area contributed by atoms with Crippen molar-refractivity contribution in [2.75, 3.05) is 0 Å². The predicted molar refractivity (Wildman–Crippen MR) is 221 cm³/mol. The van der Waals surface area contributed by atoms with Gasteiger partial charge in [-0.05, 0) is 33.9 Å². The summed E-state index contributed by atoms with van der Waals surface area (Å²) < 4.78 is 0. The first kappa shape index (κ1) is 32.6. The van der Waals surface area contributed by atoms with Crippen LogP contribution in [-0.4, -0.2) is 19.9 Å². The standard InChI is InChI=1S/C50H34N4/c1-5-13-35(14-6-1)37-21-27-42(28-22-37)48-52-49(43-29-23-38(24-30-43)36-15-7-2-8-16-36)54-50(53-48)44-31-25-39(26-32-44)45-33-34-46(40-17-9-3-10-18-40)51-47(45)41-19-11-4-12-20-41/h1-34H. The van der Waals surface area contributed by atoms with Gasteiger partial charge in [-0.15, -0.1) is 0 Å². The largest absolute Gasteiger partial charge is 0.247 e. The Morgan fingerprint density at radius 1 is 0.204 bits per heavy atom. The van der Waals surface area contributed by atoms with Gasteiger partial charge in [0.25, 0.3) is 0 Å². The highest BCUT2D eigenvalue weighted by atomic mass is 15.0. The molecule has 0 N–H and O–H groups in total. The van der Waals surface area contributed by atoms with Crippen molar-refractivity contribution in [3.63, 3.8) is 0 Å². The van der Waals surface area contributed by atoms with Crippen molar-refractivity contribution in [1.29, 1.82) is 0 Å². The van der Waals surface area contributed by atoms with Crippen LogP contribution in [0.15, 0.2) is 206 Å². The predicted octanol–water partition coefficient (Wildman–Crippen LogP) is 12.6. The molecular formula is C50H34N4. The molecule has 4 nitrogen and oxygen atoms in total. The van der Waals surface area contributed by atoms with Crippen LogP contribution in [0.3, 0.4) is 0 Å². The molecular weight excluding hydrogens is 657 g/mol. The molecule has 2 aromatic heterocycles. The molecule has 9 rings (SSSR count). The molecule has 0 unspecified atom stereocenters. The van der Waals surface area contributed by atoms with E-state index in [0.717, 1.165) is 61.5 Å². The Morgan fingerprint density at radius 2 is 0.519 bits per heavy atom. The number of rotatable bonds is 8. The summed E-state index contributed by atoms with van der Waals surface area (Å²) in [6.45, 7) is 0. The van der Waals surface area contributed by atoms with E-state index < -0.39 is 0 Å². The Hall–Kier alpha value is -7.30. The molecule has 0 spiro atoms. The van der Waals surface area contributed by atoms with Gasteiger partial charge in [0.15, 0.2) is 17.5 Å². The smallest absolute Gasteiger partial charge is 0.164 e. The summed E-state index contributed by atoms with van der Waals surface area (Å²) in [4.78, 5) is 20.3. The summed E-state index contributed by atoms with van der Waals surface area (Å²) in [5.41, 5.74) is 13.5. The van der Waals surface area contributed by atoms with E-state index in [1.165, 1.54) is 11.1 Å². The summed E-state index contributed by atoms with van der Waals surface area (Å²) in [6, 6.07) is 71.0. The lowest BCUT2D eigenvalue weighted by molar-refractivity contribution is 1.07. The molecule has 2 heterocycles. The maximum Gasteiger partial charge on any atom is 0.164 e. The van der Waals surface area contributed by atoms with Crippen LogP contribution in [0.2, 0.25) is 0 Å². The second kappa shape index (κ2) is 14.7. The van der Waals surface area contributed by atoms with E-state index >= 15 is 0 Å². The molecule has 0 radical (unpaired) electrons. The highest BCUT2D eigenvalue weighted by Gasteiger charge is 2.15. The van der Waals surface area contributed by atoms with E-state index in [1.807, 2.05) is 36.4 Å². The molecule has 7 aromatic carbocycles. The van der Waals surface area contributed by atoms with Crippen molar-refractivity contribution in [3.8, 4) is 90.1 Å². The van der Waals surface area contributed by atoms with Crippen LogP contribution >= 0.6 is 0 Å². The molecule has 0 atom stereocenters. The number of benzene rings is 7. The first-order valence-corrected chi connectivity index (χ1v) is 18.1. The third kappa shape index (κ3) is 6.84. The van der Waals surface area contributed by atoms with Gasteiger partial charge in [-0.25, -0.2) is 19.9 Å². The first-order chi connectivity index (χ1) is 26.7. The maximum absolute atomic E-state index is 5.18. The average Bonchev–Trinajstić information content (AvgIpc) is 3.27. The van der Waals surface area contributed by atoms with Gasteiger partial charge in [0.1, 0.15) is 0 Å². The Labute approximate surface area is 315 Å². The van der Waals surface area contributed by atoms with Crippen LogP contribution in [0, 0.1) is 0 Å². The van der Waals surface area contributed by atoms with Crippen LogP contribution in [-0.2, 0) is 0 Å². The van der Waals surface area contributed by atoms with Crippen LogP contribution in [0.25, 0.3) is 90.1 Å². The summed E-state index contributed by atoms with van der Waals surface area (Å²) in [7, 11) is 0. The van der Waals surface area contributed by atoms with Crippen molar-refractivity contribution < 1.29 is 0 Å².